The Labute approximate surface area is 188 Å². The van der Waals surface area contributed by atoms with Crippen LogP contribution in [0.2, 0.25) is 5.02 Å². The number of rotatable bonds is 7. The van der Waals surface area contributed by atoms with Crippen molar-refractivity contribution < 1.29 is 9.59 Å². The smallest absolute Gasteiger partial charge is 0.255 e. The van der Waals surface area contributed by atoms with Crippen LogP contribution < -0.4 is 16.2 Å². The Balaban J connectivity index is 1.65. The van der Waals surface area contributed by atoms with Crippen molar-refractivity contribution in [1.82, 2.24) is 9.97 Å². The summed E-state index contributed by atoms with van der Waals surface area (Å²) in [5.41, 5.74) is 2.57. The van der Waals surface area contributed by atoms with Crippen LogP contribution in [-0.2, 0) is 21.8 Å². The molecule has 0 aliphatic heterocycles. The quantitative estimate of drug-likeness (QED) is 0.365. The fourth-order valence-corrected chi connectivity index (χ4v) is 3.95. The monoisotopic (exact) mass is 456 g/mol. The second-order valence-electron chi connectivity index (χ2n) is 6.84. The van der Waals surface area contributed by atoms with Crippen LogP contribution in [0.5, 0.6) is 0 Å². The molecular formula is C22H21ClN4O3S. The number of thioether (sulfide) groups is 1. The lowest BCUT2D eigenvalue weighted by Gasteiger charge is -2.09. The molecule has 160 valence electrons. The molecule has 0 bridgehead atoms. The molecule has 0 unspecified atom stereocenters. The number of halogens is 1. The number of hydrogen-bond acceptors (Lipinski definition) is 5. The fourth-order valence-electron chi connectivity index (χ4n) is 2.88. The first-order chi connectivity index (χ1) is 14.8. The highest BCUT2D eigenvalue weighted by Crippen LogP contribution is 2.21. The maximum absolute atomic E-state index is 12.5. The van der Waals surface area contributed by atoms with Crippen molar-refractivity contribution in [1.29, 1.82) is 0 Å². The topological polar surface area (TPSA) is 104 Å². The van der Waals surface area contributed by atoms with Crippen LogP contribution >= 0.6 is 23.4 Å². The van der Waals surface area contributed by atoms with E-state index in [0.29, 0.717) is 38.6 Å². The van der Waals surface area contributed by atoms with Crippen LogP contribution in [0.4, 0.5) is 11.4 Å². The van der Waals surface area contributed by atoms with Gasteiger partial charge in [0.25, 0.3) is 5.56 Å². The Morgan fingerprint density at radius 3 is 2.48 bits per heavy atom. The van der Waals surface area contributed by atoms with Crippen molar-refractivity contribution in [2.24, 2.45) is 0 Å². The molecule has 0 fully saturated rings. The molecular weight excluding hydrogens is 436 g/mol. The third kappa shape index (κ3) is 6.70. The largest absolute Gasteiger partial charge is 0.326 e. The molecule has 2 aromatic carbocycles. The van der Waals surface area contributed by atoms with Gasteiger partial charge in [0.2, 0.25) is 11.8 Å². The predicted molar refractivity (Wildman–Crippen MR) is 124 cm³/mol. The normalized spacial score (nSPS) is 10.5. The zero-order valence-electron chi connectivity index (χ0n) is 17.0. The van der Waals surface area contributed by atoms with E-state index >= 15 is 0 Å². The average Bonchev–Trinajstić information content (AvgIpc) is 2.69. The molecule has 1 aromatic heterocycles. The lowest BCUT2D eigenvalue weighted by molar-refractivity contribution is -0.116. The first-order valence-electron chi connectivity index (χ1n) is 9.44. The average molecular weight is 457 g/mol. The van der Waals surface area contributed by atoms with E-state index < -0.39 is 0 Å². The highest BCUT2D eigenvalue weighted by molar-refractivity contribution is 7.98. The number of aryl methyl sites for hydroxylation is 1. The van der Waals surface area contributed by atoms with E-state index in [1.54, 1.807) is 37.3 Å². The molecule has 0 radical (unpaired) electrons. The molecule has 0 saturated heterocycles. The molecule has 3 aromatic rings. The van der Waals surface area contributed by atoms with Crippen LogP contribution in [-0.4, -0.2) is 21.8 Å². The molecule has 3 N–H and O–H groups in total. The predicted octanol–water partition coefficient (Wildman–Crippen LogP) is 4.16. The lowest BCUT2D eigenvalue weighted by atomic mass is 10.1. The number of benzene rings is 2. The number of hydrogen-bond donors (Lipinski definition) is 3. The summed E-state index contributed by atoms with van der Waals surface area (Å²) in [4.78, 5) is 43.3. The van der Waals surface area contributed by atoms with E-state index in [2.05, 4.69) is 20.6 Å². The van der Waals surface area contributed by atoms with Crippen molar-refractivity contribution >= 4 is 46.6 Å². The van der Waals surface area contributed by atoms with Gasteiger partial charge in [-0.25, -0.2) is 4.98 Å². The Morgan fingerprint density at radius 2 is 1.81 bits per heavy atom. The minimum Gasteiger partial charge on any atom is -0.326 e. The standard InChI is InChI=1S/C22H21ClN4O3S/c1-13-19(11-20(29)26-18-8-4-7-17(10-18)25-14(2)28)21(30)27-22(24-13)31-12-15-5-3-6-16(23)9-15/h3-10H,11-12H2,1-2H3,(H,25,28)(H,26,29)(H,24,27,30). The van der Waals surface area contributed by atoms with Crippen molar-refractivity contribution in [2.75, 3.05) is 10.6 Å². The highest BCUT2D eigenvalue weighted by atomic mass is 35.5. The van der Waals surface area contributed by atoms with E-state index in [-0.39, 0.29) is 23.8 Å². The summed E-state index contributed by atoms with van der Waals surface area (Å²) in [7, 11) is 0. The molecule has 2 amide bonds. The van der Waals surface area contributed by atoms with E-state index in [4.69, 9.17) is 11.6 Å². The third-order valence-electron chi connectivity index (χ3n) is 4.27. The van der Waals surface area contributed by atoms with Crippen molar-refractivity contribution in [3.05, 3.63) is 80.7 Å². The Bertz CT molecular complexity index is 1180. The summed E-state index contributed by atoms with van der Waals surface area (Å²) in [5.74, 6) is 0.0488. The van der Waals surface area contributed by atoms with E-state index in [1.807, 2.05) is 18.2 Å². The minimum atomic E-state index is -0.352. The lowest BCUT2D eigenvalue weighted by Crippen LogP contribution is -2.23. The number of carbonyl (C=O) groups is 2. The van der Waals surface area contributed by atoms with Gasteiger partial charge in [0.1, 0.15) is 0 Å². The summed E-state index contributed by atoms with van der Waals surface area (Å²) in [5, 5.41) is 6.52. The van der Waals surface area contributed by atoms with Gasteiger partial charge in [0, 0.05) is 40.3 Å². The summed E-state index contributed by atoms with van der Waals surface area (Å²) in [6.07, 6.45) is -0.113. The molecule has 0 saturated carbocycles. The molecule has 3 rings (SSSR count). The van der Waals surface area contributed by atoms with Crippen LogP contribution in [0, 0.1) is 6.92 Å². The molecule has 0 aliphatic rings. The third-order valence-corrected chi connectivity index (χ3v) is 5.45. The van der Waals surface area contributed by atoms with Gasteiger partial charge >= 0.3 is 0 Å². The minimum absolute atomic E-state index is 0.113. The second-order valence-corrected chi connectivity index (χ2v) is 8.24. The van der Waals surface area contributed by atoms with Crippen LogP contribution in [0.3, 0.4) is 0 Å². The number of anilines is 2. The van der Waals surface area contributed by atoms with Crippen LogP contribution in [0.15, 0.2) is 58.5 Å². The van der Waals surface area contributed by atoms with Gasteiger partial charge in [-0.05, 0) is 42.8 Å². The number of aromatic nitrogens is 2. The molecule has 0 atom stereocenters. The molecule has 31 heavy (non-hydrogen) atoms. The number of aromatic amines is 1. The number of carbonyl (C=O) groups excluding carboxylic acids is 2. The number of H-pyrrole nitrogens is 1. The molecule has 9 heteroatoms. The Hall–Kier alpha value is -3.10. The van der Waals surface area contributed by atoms with Gasteiger partial charge in [-0.1, -0.05) is 41.6 Å². The molecule has 1 heterocycles. The van der Waals surface area contributed by atoms with Gasteiger partial charge in [0.05, 0.1) is 6.42 Å². The van der Waals surface area contributed by atoms with Gasteiger partial charge in [-0.2, -0.15) is 0 Å². The van der Waals surface area contributed by atoms with Crippen LogP contribution in [0.25, 0.3) is 0 Å². The van der Waals surface area contributed by atoms with Gasteiger partial charge in [0.15, 0.2) is 5.16 Å². The van der Waals surface area contributed by atoms with Crippen molar-refractivity contribution in [3.63, 3.8) is 0 Å². The second kappa shape index (κ2) is 10.3. The van der Waals surface area contributed by atoms with E-state index in [0.717, 1.165) is 5.56 Å². The Kier molecular flexibility index (Phi) is 7.49. The maximum atomic E-state index is 12.5. The first-order valence-corrected chi connectivity index (χ1v) is 10.8. The summed E-state index contributed by atoms with van der Waals surface area (Å²) >= 11 is 7.38. The SMILES string of the molecule is CC(=O)Nc1cccc(NC(=O)Cc2c(C)nc(SCc3cccc(Cl)c3)[nH]c2=O)c1. The summed E-state index contributed by atoms with van der Waals surface area (Å²) in [6, 6.07) is 14.3. The maximum Gasteiger partial charge on any atom is 0.255 e. The zero-order valence-corrected chi connectivity index (χ0v) is 18.6. The Morgan fingerprint density at radius 1 is 1.10 bits per heavy atom. The van der Waals surface area contributed by atoms with Crippen molar-refractivity contribution in [2.45, 2.75) is 31.2 Å². The van der Waals surface area contributed by atoms with Gasteiger partial charge in [-0.15, -0.1) is 0 Å². The fraction of sp³-hybridized carbons (Fsp3) is 0.182. The van der Waals surface area contributed by atoms with Gasteiger partial charge in [-0.3, -0.25) is 14.4 Å². The molecule has 0 spiro atoms. The zero-order chi connectivity index (χ0) is 22.4. The highest BCUT2D eigenvalue weighted by Gasteiger charge is 2.14. The van der Waals surface area contributed by atoms with E-state index in [9.17, 15) is 14.4 Å². The first kappa shape index (κ1) is 22.6. The molecule has 0 aliphatic carbocycles. The summed E-state index contributed by atoms with van der Waals surface area (Å²) in [6.45, 7) is 3.11. The number of nitrogens with zero attached hydrogens (tertiary/aromatic N) is 1. The van der Waals surface area contributed by atoms with Crippen LogP contribution in [0.1, 0.15) is 23.7 Å². The molecule has 7 nitrogen and oxygen atoms in total. The van der Waals surface area contributed by atoms with E-state index in [1.165, 1.54) is 18.7 Å². The number of amides is 2. The van der Waals surface area contributed by atoms with Crippen molar-refractivity contribution in [3.8, 4) is 0 Å². The number of nitrogens with one attached hydrogen (secondary N) is 3. The van der Waals surface area contributed by atoms with Gasteiger partial charge < -0.3 is 15.6 Å². The summed E-state index contributed by atoms with van der Waals surface area (Å²) < 4.78 is 0.